The summed E-state index contributed by atoms with van der Waals surface area (Å²) in [7, 11) is 0. The van der Waals surface area contributed by atoms with Crippen molar-refractivity contribution < 1.29 is 14.7 Å². The van der Waals surface area contributed by atoms with Gasteiger partial charge in [0, 0.05) is 17.8 Å². The summed E-state index contributed by atoms with van der Waals surface area (Å²) in [5.41, 5.74) is 2.32. The fraction of sp³-hybridized carbons (Fsp3) is 0.364. The Bertz CT molecular complexity index is 777. The van der Waals surface area contributed by atoms with Crippen molar-refractivity contribution in [3.05, 3.63) is 65.7 Å². The van der Waals surface area contributed by atoms with Crippen LogP contribution in [0.3, 0.4) is 0 Å². The quantitative estimate of drug-likeness (QED) is 0.620. The van der Waals surface area contributed by atoms with E-state index in [1.807, 2.05) is 30.3 Å². The van der Waals surface area contributed by atoms with Crippen LogP contribution >= 0.6 is 0 Å². The topological polar surface area (TPSA) is 90.5 Å². The van der Waals surface area contributed by atoms with Gasteiger partial charge < -0.3 is 21.1 Å². The molecule has 1 saturated carbocycles. The van der Waals surface area contributed by atoms with E-state index in [9.17, 15) is 14.7 Å². The van der Waals surface area contributed by atoms with Crippen LogP contribution in [0.15, 0.2) is 54.6 Å². The van der Waals surface area contributed by atoms with E-state index in [2.05, 4.69) is 16.0 Å². The first-order valence-corrected chi connectivity index (χ1v) is 9.79. The molecule has 0 unspecified atom stereocenters. The SMILES string of the molecule is O=C(Nc1ccc(C(=O)NCCc2ccccc2)cc1)N[C@@H]1CCCC[C@H]1O. The van der Waals surface area contributed by atoms with Crippen molar-refractivity contribution in [2.75, 3.05) is 11.9 Å². The number of amides is 3. The summed E-state index contributed by atoms with van der Waals surface area (Å²) in [6.07, 6.45) is 3.81. The van der Waals surface area contributed by atoms with Crippen LogP contribution in [0, 0.1) is 0 Å². The van der Waals surface area contributed by atoms with Gasteiger partial charge in [-0.2, -0.15) is 0 Å². The predicted octanol–water partition coefficient (Wildman–Crippen LogP) is 3.08. The summed E-state index contributed by atoms with van der Waals surface area (Å²) in [5, 5.41) is 18.4. The Morgan fingerprint density at radius 3 is 2.39 bits per heavy atom. The summed E-state index contributed by atoms with van der Waals surface area (Å²) in [6.45, 7) is 0.564. The summed E-state index contributed by atoms with van der Waals surface area (Å²) in [5.74, 6) is -0.141. The van der Waals surface area contributed by atoms with Crippen LogP contribution in [0.2, 0.25) is 0 Å². The maximum absolute atomic E-state index is 12.2. The van der Waals surface area contributed by atoms with Crippen LogP contribution in [0.25, 0.3) is 0 Å². The molecular weight excluding hydrogens is 354 g/mol. The zero-order valence-electron chi connectivity index (χ0n) is 15.9. The number of benzene rings is 2. The van der Waals surface area contributed by atoms with Crippen LogP contribution in [0.5, 0.6) is 0 Å². The lowest BCUT2D eigenvalue weighted by atomic mass is 9.93. The highest BCUT2D eigenvalue weighted by molar-refractivity contribution is 5.95. The molecular formula is C22H27N3O3. The number of nitrogens with one attached hydrogen (secondary N) is 3. The maximum atomic E-state index is 12.2. The molecule has 2 aromatic carbocycles. The summed E-state index contributed by atoms with van der Waals surface area (Å²) >= 11 is 0. The van der Waals surface area contributed by atoms with E-state index in [4.69, 9.17) is 0 Å². The fourth-order valence-corrected chi connectivity index (χ4v) is 3.39. The molecule has 28 heavy (non-hydrogen) atoms. The molecule has 6 nitrogen and oxygen atoms in total. The largest absolute Gasteiger partial charge is 0.391 e. The van der Waals surface area contributed by atoms with Crippen molar-refractivity contribution in [2.45, 2.75) is 44.2 Å². The Hall–Kier alpha value is -2.86. The Morgan fingerprint density at radius 2 is 1.68 bits per heavy atom. The van der Waals surface area contributed by atoms with E-state index in [1.165, 1.54) is 5.56 Å². The van der Waals surface area contributed by atoms with E-state index in [-0.39, 0.29) is 18.0 Å². The molecule has 0 aliphatic heterocycles. The number of aliphatic hydroxyl groups is 1. The molecule has 0 heterocycles. The molecule has 2 atom stereocenters. The minimum absolute atomic E-state index is 0.141. The van der Waals surface area contributed by atoms with Crippen molar-refractivity contribution in [2.24, 2.45) is 0 Å². The third-order valence-corrected chi connectivity index (χ3v) is 4.99. The summed E-state index contributed by atoms with van der Waals surface area (Å²) in [6, 6.07) is 16.2. The predicted molar refractivity (Wildman–Crippen MR) is 109 cm³/mol. The molecule has 0 bridgehead atoms. The van der Waals surface area contributed by atoms with E-state index >= 15 is 0 Å². The third-order valence-electron chi connectivity index (χ3n) is 4.99. The molecule has 0 spiro atoms. The second-order valence-corrected chi connectivity index (χ2v) is 7.13. The van der Waals surface area contributed by atoms with E-state index < -0.39 is 6.10 Å². The van der Waals surface area contributed by atoms with Gasteiger partial charge in [0.15, 0.2) is 0 Å². The van der Waals surface area contributed by atoms with Gasteiger partial charge in [0.25, 0.3) is 5.91 Å². The molecule has 1 aliphatic rings. The van der Waals surface area contributed by atoms with Crippen molar-refractivity contribution >= 4 is 17.6 Å². The van der Waals surface area contributed by atoms with Crippen molar-refractivity contribution in [3.8, 4) is 0 Å². The lowest BCUT2D eigenvalue weighted by Gasteiger charge is -2.28. The van der Waals surface area contributed by atoms with Gasteiger partial charge >= 0.3 is 6.03 Å². The molecule has 1 aliphatic carbocycles. The van der Waals surface area contributed by atoms with Crippen molar-refractivity contribution in [1.29, 1.82) is 0 Å². The monoisotopic (exact) mass is 381 g/mol. The van der Waals surface area contributed by atoms with Gasteiger partial charge in [0.2, 0.25) is 0 Å². The van der Waals surface area contributed by atoms with Gasteiger partial charge in [0.1, 0.15) is 0 Å². The zero-order chi connectivity index (χ0) is 19.8. The third kappa shape index (κ3) is 5.82. The molecule has 3 rings (SSSR count). The number of aliphatic hydroxyl groups excluding tert-OH is 1. The Labute approximate surface area is 165 Å². The van der Waals surface area contributed by atoms with E-state index in [0.717, 1.165) is 32.1 Å². The standard InChI is InChI=1S/C22H27N3O3/c26-20-9-5-4-8-19(20)25-22(28)24-18-12-10-17(11-13-18)21(27)23-15-14-16-6-2-1-3-7-16/h1-3,6-7,10-13,19-20,26H,4-5,8-9,14-15H2,(H,23,27)(H2,24,25,28)/t19-,20-/m1/s1. The van der Waals surface area contributed by atoms with E-state index in [1.54, 1.807) is 24.3 Å². The van der Waals surface area contributed by atoms with Gasteiger partial charge in [0.05, 0.1) is 12.1 Å². The van der Waals surface area contributed by atoms with Crippen molar-refractivity contribution in [1.82, 2.24) is 10.6 Å². The Kier molecular flexibility index (Phi) is 7.03. The van der Waals surface area contributed by atoms with Crippen molar-refractivity contribution in [3.63, 3.8) is 0 Å². The molecule has 0 saturated heterocycles. The highest BCUT2D eigenvalue weighted by atomic mass is 16.3. The van der Waals surface area contributed by atoms with Gasteiger partial charge in [-0.15, -0.1) is 0 Å². The van der Waals surface area contributed by atoms with Crippen LogP contribution in [0.4, 0.5) is 10.5 Å². The molecule has 3 amide bonds. The average molecular weight is 381 g/mol. The highest BCUT2D eigenvalue weighted by Gasteiger charge is 2.24. The number of urea groups is 1. The second-order valence-electron chi connectivity index (χ2n) is 7.13. The van der Waals surface area contributed by atoms with Crippen LogP contribution in [-0.2, 0) is 6.42 Å². The minimum atomic E-state index is -0.485. The summed E-state index contributed by atoms with van der Waals surface area (Å²) < 4.78 is 0. The van der Waals surface area contributed by atoms with Gasteiger partial charge in [-0.25, -0.2) is 4.79 Å². The number of hydrogen-bond donors (Lipinski definition) is 4. The molecule has 2 aromatic rings. The number of carbonyl (C=O) groups is 2. The number of carbonyl (C=O) groups excluding carboxylic acids is 2. The summed E-state index contributed by atoms with van der Waals surface area (Å²) in [4.78, 5) is 24.3. The van der Waals surface area contributed by atoms with Crippen LogP contribution in [0.1, 0.15) is 41.6 Å². The van der Waals surface area contributed by atoms with Gasteiger partial charge in [-0.1, -0.05) is 43.2 Å². The lowest BCUT2D eigenvalue weighted by molar-refractivity contribution is 0.0952. The average Bonchev–Trinajstić information content (AvgIpc) is 2.71. The highest BCUT2D eigenvalue weighted by Crippen LogP contribution is 2.18. The van der Waals surface area contributed by atoms with Gasteiger partial charge in [-0.3, -0.25) is 4.79 Å². The maximum Gasteiger partial charge on any atom is 0.319 e. The molecule has 6 heteroatoms. The number of hydrogen-bond acceptors (Lipinski definition) is 3. The second kappa shape index (κ2) is 9.90. The fourth-order valence-electron chi connectivity index (χ4n) is 3.39. The smallest absolute Gasteiger partial charge is 0.319 e. The normalized spacial score (nSPS) is 18.9. The molecule has 0 radical (unpaired) electrons. The molecule has 4 N–H and O–H groups in total. The van der Waals surface area contributed by atoms with Crippen LogP contribution in [-0.4, -0.2) is 35.7 Å². The first-order chi connectivity index (χ1) is 13.6. The minimum Gasteiger partial charge on any atom is -0.391 e. The molecule has 0 aromatic heterocycles. The van der Waals surface area contributed by atoms with Crippen LogP contribution < -0.4 is 16.0 Å². The Balaban J connectivity index is 1.44. The zero-order valence-corrected chi connectivity index (χ0v) is 15.9. The van der Waals surface area contributed by atoms with Gasteiger partial charge in [-0.05, 0) is 49.1 Å². The molecule has 1 fully saturated rings. The lowest BCUT2D eigenvalue weighted by Crippen LogP contribution is -2.46. The Morgan fingerprint density at radius 1 is 0.964 bits per heavy atom. The molecule has 148 valence electrons. The first-order valence-electron chi connectivity index (χ1n) is 9.79. The number of anilines is 1. The van der Waals surface area contributed by atoms with E-state index in [0.29, 0.717) is 17.8 Å². The first kappa shape index (κ1) is 19.9. The number of rotatable bonds is 6.